The second-order valence-electron chi connectivity index (χ2n) is 11.4. The van der Waals surface area contributed by atoms with Crippen molar-refractivity contribution in [2.45, 2.75) is 38.1 Å². The summed E-state index contributed by atoms with van der Waals surface area (Å²) < 4.78 is 14.8. The lowest BCUT2D eigenvalue weighted by molar-refractivity contribution is -0.132. The quantitative estimate of drug-likeness (QED) is 0.244. The monoisotopic (exact) mass is 536 g/mol. The zero-order valence-corrected chi connectivity index (χ0v) is 23.8. The second kappa shape index (κ2) is 9.39. The van der Waals surface area contributed by atoms with Gasteiger partial charge in [0.05, 0.1) is 14.8 Å². The van der Waals surface area contributed by atoms with Crippen LogP contribution in [-0.2, 0) is 9.26 Å². The molecule has 0 unspecified atom stereocenters. The first-order chi connectivity index (χ1) is 18.6. The molecule has 0 amide bonds. The Labute approximate surface area is 229 Å². The van der Waals surface area contributed by atoms with Gasteiger partial charge in [0.25, 0.3) is 0 Å². The fraction of sp³-hybridized carbons (Fsp3) is 0.294. The van der Waals surface area contributed by atoms with Gasteiger partial charge in [0.2, 0.25) is 0 Å². The molecule has 0 aromatic heterocycles. The Kier molecular flexibility index (Phi) is 6.10. The van der Waals surface area contributed by atoms with Gasteiger partial charge in [-0.1, -0.05) is 135 Å². The molecule has 0 N–H and O–H groups in total. The zero-order chi connectivity index (χ0) is 25.8. The standard InChI is InChI=1S/C34H34O2P2/c1-32-24-23-30-33(32,2)25-35-34(30,37(26-15-7-3-8-16-26)27-17-9-4-10-18-27)31(32)36-38(28-19-11-5-12-20-28)29-21-13-6-14-22-29/h3-22,30-31H,23-25H2,1-2H3/t30-,31+,32-,33+,34-/m0/s1. The van der Waals surface area contributed by atoms with E-state index in [1.165, 1.54) is 34.1 Å². The van der Waals surface area contributed by atoms with Crippen LogP contribution in [-0.4, -0.2) is 18.1 Å². The molecule has 4 aromatic rings. The molecule has 2 saturated carbocycles. The van der Waals surface area contributed by atoms with Crippen molar-refractivity contribution < 1.29 is 9.26 Å². The highest BCUT2D eigenvalue weighted by Crippen LogP contribution is 2.82. The average Bonchev–Trinajstić information content (AvgIpc) is 3.48. The molecule has 4 aromatic carbocycles. The summed E-state index contributed by atoms with van der Waals surface area (Å²) in [5, 5.41) is 4.93. The summed E-state index contributed by atoms with van der Waals surface area (Å²) in [6.07, 6.45) is 2.41. The average molecular weight is 537 g/mol. The van der Waals surface area contributed by atoms with E-state index in [9.17, 15) is 0 Å². The summed E-state index contributed by atoms with van der Waals surface area (Å²) in [5.41, 5.74) is 0.167. The number of ether oxygens (including phenoxy) is 1. The molecule has 192 valence electrons. The van der Waals surface area contributed by atoms with Crippen LogP contribution < -0.4 is 21.2 Å². The van der Waals surface area contributed by atoms with Crippen molar-refractivity contribution in [1.29, 1.82) is 0 Å². The highest BCUT2D eigenvalue weighted by atomic mass is 31.1. The minimum Gasteiger partial charge on any atom is -0.366 e. The molecule has 1 heterocycles. The van der Waals surface area contributed by atoms with Crippen LogP contribution in [0.25, 0.3) is 0 Å². The van der Waals surface area contributed by atoms with Crippen molar-refractivity contribution in [1.82, 2.24) is 0 Å². The van der Waals surface area contributed by atoms with Crippen LogP contribution >= 0.6 is 16.1 Å². The lowest BCUT2D eigenvalue weighted by Gasteiger charge is -2.53. The fourth-order valence-corrected chi connectivity index (χ4v) is 13.3. The first-order valence-electron chi connectivity index (χ1n) is 13.7. The molecule has 0 spiro atoms. The molecule has 4 bridgehead atoms. The number of hydrogen-bond donors (Lipinski definition) is 0. The van der Waals surface area contributed by atoms with E-state index >= 15 is 0 Å². The maximum absolute atomic E-state index is 7.60. The minimum atomic E-state index is -1.00. The van der Waals surface area contributed by atoms with Gasteiger partial charge in [-0.2, -0.15) is 0 Å². The van der Waals surface area contributed by atoms with Crippen molar-refractivity contribution in [3.8, 4) is 0 Å². The van der Waals surface area contributed by atoms with Crippen molar-refractivity contribution in [3.63, 3.8) is 0 Å². The number of hydrogen-bond acceptors (Lipinski definition) is 2. The van der Waals surface area contributed by atoms with E-state index in [-0.39, 0.29) is 22.3 Å². The van der Waals surface area contributed by atoms with Crippen LogP contribution in [0.15, 0.2) is 121 Å². The molecule has 5 atom stereocenters. The van der Waals surface area contributed by atoms with Gasteiger partial charge >= 0.3 is 0 Å². The highest BCUT2D eigenvalue weighted by Gasteiger charge is 2.82. The topological polar surface area (TPSA) is 18.5 Å². The van der Waals surface area contributed by atoms with Crippen molar-refractivity contribution >= 4 is 37.3 Å². The summed E-state index contributed by atoms with van der Waals surface area (Å²) >= 11 is 0. The highest BCUT2D eigenvalue weighted by molar-refractivity contribution is 7.74. The van der Waals surface area contributed by atoms with Crippen LogP contribution in [0.4, 0.5) is 0 Å². The molecule has 0 radical (unpaired) electrons. The van der Waals surface area contributed by atoms with Gasteiger partial charge in [0.15, 0.2) is 0 Å². The van der Waals surface area contributed by atoms with Crippen LogP contribution in [0.5, 0.6) is 0 Å². The largest absolute Gasteiger partial charge is 0.366 e. The molecular weight excluding hydrogens is 502 g/mol. The fourth-order valence-electron chi connectivity index (χ4n) is 7.63. The summed E-state index contributed by atoms with van der Waals surface area (Å²) in [4.78, 5) is 0. The summed E-state index contributed by atoms with van der Waals surface area (Å²) in [7, 11) is -1.82. The first-order valence-corrected chi connectivity index (χ1v) is 16.3. The zero-order valence-electron chi connectivity index (χ0n) is 22.0. The molecule has 3 fully saturated rings. The predicted octanol–water partition coefficient (Wildman–Crippen LogP) is 6.72. The van der Waals surface area contributed by atoms with E-state index in [1.54, 1.807) is 0 Å². The summed E-state index contributed by atoms with van der Waals surface area (Å²) in [6.45, 7) is 5.82. The predicted molar refractivity (Wildman–Crippen MR) is 161 cm³/mol. The lowest BCUT2D eigenvalue weighted by atomic mass is 9.68. The maximum atomic E-state index is 7.60. The third-order valence-corrected chi connectivity index (χ3v) is 14.6. The third kappa shape index (κ3) is 3.47. The molecular formula is C34H34O2P2. The Morgan fingerprint density at radius 3 is 1.55 bits per heavy atom. The van der Waals surface area contributed by atoms with E-state index in [4.69, 9.17) is 9.26 Å². The van der Waals surface area contributed by atoms with Crippen LogP contribution in [0, 0.1) is 16.7 Å². The summed E-state index contributed by atoms with van der Waals surface area (Å²) in [6, 6.07) is 43.9. The van der Waals surface area contributed by atoms with Gasteiger partial charge in [-0.05, 0) is 31.4 Å². The molecule has 4 heteroatoms. The van der Waals surface area contributed by atoms with E-state index in [2.05, 4.69) is 135 Å². The van der Waals surface area contributed by atoms with Gasteiger partial charge in [0.1, 0.15) is 11.4 Å². The van der Waals surface area contributed by atoms with Crippen molar-refractivity contribution in [3.05, 3.63) is 121 Å². The molecule has 7 rings (SSSR count). The second-order valence-corrected chi connectivity index (χ2v) is 15.7. The lowest BCUT2D eigenvalue weighted by Crippen LogP contribution is -2.56. The van der Waals surface area contributed by atoms with E-state index in [1.807, 2.05) is 0 Å². The molecule has 1 saturated heterocycles. The summed E-state index contributed by atoms with van der Waals surface area (Å²) in [5.74, 6) is 0.472. The van der Waals surface area contributed by atoms with Crippen molar-refractivity contribution in [2.75, 3.05) is 6.61 Å². The molecule has 38 heavy (non-hydrogen) atoms. The smallest absolute Gasteiger partial charge is 0.125 e. The normalized spacial score (nSPS) is 31.4. The number of rotatable bonds is 7. The van der Waals surface area contributed by atoms with Crippen LogP contribution in [0.2, 0.25) is 0 Å². The Morgan fingerprint density at radius 1 is 0.632 bits per heavy atom. The van der Waals surface area contributed by atoms with Crippen LogP contribution in [0.3, 0.4) is 0 Å². The maximum Gasteiger partial charge on any atom is 0.125 e. The first kappa shape index (κ1) is 24.7. The van der Waals surface area contributed by atoms with Crippen molar-refractivity contribution in [2.24, 2.45) is 16.7 Å². The minimum absolute atomic E-state index is 0.00514. The number of benzene rings is 4. The van der Waals surface area contributed by atoms with Gasteiger partial charge < -0.3 is 9.26 Å². The molecule has 2 aliphatic carbocycles. The van der Waals surface area contributed by atoms with Gasteiger partial charge in [-0.15, -0.1) is 0 Å². The van der Waals surface area contributed by atoms with Crippen LogP contribution in [0.1, 0.15) is 26.7 Å². The Balaban J connectivity index is 1.42. The van der Waals surface area contributed by atoms with Gasteiger partial charge in [0, 0.05) is 27.4 Å². The van der Waals surface area contributed by atoms with E-state index in [0.717, 1.165) is 6.61 Å². The van der Waals surface area contributed by atoms with E-state index < -0.39 is 16.1 Å². The Morgan fingerprint density at radius 2 is 1.08 bits per heavy atom. The third-order valence-electron chi connectivity index (χ3n) is 9.65. The molecule has 3 aliphatic rings. The van der Waals surface area contributed by atoms with E-state index in [0.29, 0.717) is 5.92 Å². The molecule has 2 nitrogen and oxygen atoms in total. The Hall–Kier alpha value is -2.34. The van der Waals surface area contributed by atoms with Gasteiger partial charge in [-0.25, -0.2) is 0 Å². The Bertz CT molecular complexity index is 1320. The SMILES string of the molecule is C[C@@]12CC[C@@H]3[C@@](P(c4ccccc4)c4ccccc4)(OC[C@]31C)[C@@H]2OP(c1ccccc1)c1ccccc1. The van der Waals surface area contributed by atoms with Gasteiger partial charge in [-0.3, -0.25) is 0 Å². The molecule has 1 aliphatic heterocycles.